The van der Waals surface area contributed by atoms with Gasteiger partial charge in [-0.15, -0.1) is 0 Å². The van der Waals surface area contributed by atoms with Crippen LogP contribution in [0.25, 0.3) is 17.0 Å². The van der Waals surface area contributed by atoms with E-state index in [1.807, 2.05) is 48.7 Å². The molecular weight excluding hydrogens is 414 g/mol. The van der Waals surface area contributed by atoms with Gasteiger partial charge < -0.3 is 18.8 Å². The van der Waals surface area contributed by atoms with Crippen molar-refractivity contribution in [3.8, 4) is 17.2 Å². The Bertz CT molecular complexity index is 1380. The van der Waals surface area contributed by atoms with Gasteiger partial charge in [0.05, 0.1) is 12.7 Å². The van der Waals surface area contributed by atoms with Gasteiger partial charge in [0.15, 0.2) is 5.76 Å². The molecule has 0 radical (unpaired) electrons. The van der Waals surface area contributed by atoms with E-state index in [4.69, 9.17) is 14.2 Å². The minimum atomic E-state index is -0.129. The third-order valence-electron chi connectivity index (χ3n) is 5.91. The third-order valence-corrected chi connectivity index (χ3v) is 5.91. The normalized spacial score (nSPS) is 13.9. The van der Waals surface area contributed by atoms with Crippen molar-refractivity contribution in [3.05, 3.63) is 94.9 Å². The molecule has 0 unspecified atom stereocenters. The van der Waals surface area contributed by atoms with E-state index < -0.39 is 0 Å². The average Bonchev–Trinajstić information content (AvgIpc) is 3.35. The van der Waals surface area contributed by atoms with Crippen molar-refractivity contribution in [1.29, 1.82) is 0 Å². The highest BCUT2D eigenvalue weighted by molar-refractivity contribution is 6.15. The molecular formula is C28H25NO4. The molecule has 166 valence electrons. The number of ether oxygens (including phenoxy) is 3. The van der Waals surface area contributed by atoms with E-state index in [-0.39, 0.29) is 5.78 Å². The van der Waals surface area contributed by atoms with Crippen LogP contribution in [0.15, 0.2) is 72.6 Å². The number of fused-ring (bicyclic) bond motifs is 2. The molecule has 0 spiro atoms. The Morgan fingerprint density at radius 2 is 1.79 bits per heavy atom. The highest BCUT2D eigenvalue weighted by Crippen LogP contribution is 2.36. The number of ketones is 1. The fraction of sp³-hybridized carbons (Fsp3) is 0.179. The summed E-state index contributed by atoms with van der Waals surface area (Å²) in [4.78, 5) is 13.0. The Kier molecular flexibility index (Phi) is 5.38. The lowest BCUT2D eigenvalue weighted by Crippen LogP contribution is -1.98. The van der Waals surface area contributed by atoms with Crippen LogP contribution in [0, 0.1) is 6.92 Å². The number of hydrogen-bond donors (Lipinski definition) is 0. The highest BCUT2D eigenvalue weighted by Gasteiger charge is 2.28. The standard InChI is InChI=1S/C28H25NO4/c1-4-29-16-20(24-14-21(31-3)10-12-25(24)29)13-27-28(30)23-11-9-22(15-26(23)33-27)32-17-19-7-5-18(2)6-8-19/h5-16H,4,17H2,1-3H3/b27-13-. The molecule has 1 aromatic heterocycles. The van der Waals surface area contributed by atoms with Crippen LogP contribution < -0.4 is 14.2 Å². The van der Waals surface area contributed by atoms with Gasteiger partial charge in [-0.25, -0.2) is 0 Å². The first-order chi connectivity index (χ1) is 16.1. The van der Waals surface area contributed by atoms with Crippen LogP contribution in [0.1, 0.15) is 34.0 Å². The number of hydrogen-bond acceptors (Lipinski definition) is 4. The lowest BCUT2D eigenvalue weighted by molar-refractivity contribution is 0.101. The van der Waals surface area contributed by atoms with Crippen molar-refractivity contribution in [1.82, 2.24) is 4.57 Å². The van der Waals surface area contributed by atoms with Gasteiger partial charge in [0, 0.05) is 35.3 Å². The molecule has 2 heterocycles. The van der Waals surface area contributed by atoms with E-state index in [1.165, 1.54) is 5.56 Å². The summed E-state index contributed by atoms with van der Waals surface area (Å²) in [6, 6.07) is 19.5. The SMILES string of the molecule is CCn1cc(/C=C2\Oc3cc(OCc4ccc(C)cc4)ccc3C2=O)c2cc(OC)ccc21. The number of aryl methyl sites for hydroxylation is 2. The second kappa shape index (κ2) is 8.51. The van der Waals surface area contributed by atoms with Crippen LogP contribution in [0.2, 0.25) is 0 Å². The number of Topliss-reactive ketones (excluding diaryl/α,β-unsaturated/α-hetero) is 1. The summed E-state index contributed by atoms with van der Waals surface area (Å²) in [5, 5.41) is 1.01. The van der Waals surface area contributed by atoms with Gasteiger partial charge in [0.25, 0.3) is 0 Å². The summed E-state index contributed by atoms with van der Waals surface area (Å²) >= 11 is 0. The molecule has 33 heavy (non-hydrogen) atoms. The smallest absolute Gasteiger partial charge is 0.231 e. The van der Waals surface area contributed by atoms with Gasteiger partial charge in [0.1, 0.15) is 23.9 Å². The summed E-state index contributed by atoms with van der Waals surface area (Å²) in [6.07, 6.45) is 3.84. The summed E-state index contributed by atoms with van der Waals surface area (Å²) < 4.78 is 19.4. The minimum absolute atomic E-state index is 0.129. The molecule has 5 nitrogen and oxygen atoms in total. The fourth-order valence-electron chi connectivity index (χ4n) is 4.06. The number of carbonyl (C=O) groups is 1. The first-order valence-corrected chi connectivity index (χ1v) is 11.0. The molecule has 5 heteroatoms. The minimum Gasteiger partial charge on any atom is -0.497 e. The van der Waals surface area contributed by atoms with E-state index in [0.29, 0.717) is 29.4 Å². The first kappa shape index (κ1) is 20.9. The molecule has 0 N–H and O–H groups in total. The van der Waals surface area contributed by atoms with Crippen molar-refractivity contribution in [2.24, 2.45) is 0 Å². The predicted octanol–water partition coefficient (Wildman–Crippen LogP) is 6.17. The van der Waals surface area contributed by atoms with E-state index in [1.54, 1.807) is 19.2 Å². The third kappa shape index (κ3) is 3.98. The molecule has 5 rings (SSSR count). The van der Waals surface area contributed by atoms with E-state index in [0.717, 1.165) is 34.3 Å². The maximum Gasteiger partial charge on any atom is 0.231 e. The number of benzene rings is 3. The predicted molar refractivity (Wildman–Crippen MR) is 129 cm³/mol. The zero-order valence-electron chi connectivity index (χ0n) is 18.9. The Morgan fingerprint density at radius 3 is 2.55 bits per heavy atom. The molecule has 1 aliphatic rings. The van der Waals surface area contributed by atoms with E-state index in [2.05, 4.69) is 30.5 Å². The maximum atomic E-state index is 13.0. The van der Waals surface area contributed by atoms with Crippen LogP contribution >= 0.6 is 0 Å². The molecule has 1 aliphatic heterocycles. The van der Waals surface area contributed by atoms with Crippen LogP contribution in [-0.2, 0) is 13.2 Å². The van der Waals surface area contributed by atoms with Crippen molar-refractivity contribution >= 4 is 22.8 Å². The summed E-state index contributed by atoms with van der Waals surface area (Å²) in [5.74, 6) is 2.13. The van der Waals surface area contributed by atoms with Crippen LogP contribution in [-0.4, -0.2) is 17.5 Å². The molecule has 0 saturated heterocycles. The van der Waals surface area contributed by atoms with Crippen molar-refractivity contribution in [2.75, 3.05) is 7.11 Å². The lowest BCUT2D eigenvalue weighted by Gasteiger charge is -2.07. The highest BCUT2D eigenvalue weighted by atomic mass is 16.5. The molecule has 4 aromatic rings. The Morgan fingerprint density at radius 1 is 1.00 bits per heavy atom. The zero-order chi connectivity index (χ0) is 22.9. The van der Waals surface area contributed by atoms with E-state index in [9.17, 15) is 4.79 Å². The molecule has 0 amide bonds. The van der Waals surface area contributed by atoms with Gasteiger partial charge in [-0.05, 0) is 55.8 Å². The average molecular weight is 440 g/mol. The number of nitrogens with zero attached hydrogens (tertiary/aromatic N) is 1. The van der Waals surface area contributed by atoms with E-state index >= 15 is 0 Å². The summed E-state index contributed by atoms with van der Waals surface area (Å²) in [5.41, 5.74) is 4.84. The Balaban J connectivity index is 1.41. The fourth-order valence-corrected chi connectivity index (χ4v) is 4.06. The summed E-state index contributed by atoms with van der Waals surface area (Å²) in [7, 11) is 1.65. The second-order valence-electron chi connectivity index (χ2n) is 8.13. The molecule has 0 fully saturated rings. The largest absolute Gasteiger partial charge is 0.497 e. The van der Waals surface area contributed by atoms with Crippen LogP contribution in [0.5, 0.6) is 17.2 Å². The van der Waals surface area contributed by atoms with Crippen LogP contribution in [0.4, 0.5) is 0 Å². The first-order valence-electron chi connectivity index (χ1n) is 11.0. The lowest BCUT2D eigenvalue weighted by atomic mass is 10.1. The topological polar surface area (TPSA) is 49.7 Å². The Hall–Kier alpha value is -3.99. The molecule has 0 atom stereocenters. The number of rotatable bonds is 6. The zero-order valence-corrected chi connectivity index (χ0v) is 18.9. The van der Waals surface area contributed by atoms with Gasteiger partial charge in [-0.2, -0.15) is 0 Å². The van der Waals surface area contributed by atoms with Crippen molar-refractivity contribution in [3.63, 3.8) is 0 Å². The monoisotopic (exact) mass is 439 g/mol. The van der Waals surface area contributed by atoms with Gasteiger partial charge in [-0.3, -0.25) is 4.79 Å². The second-order valence-corrected chi connectivity index (χ2v) is 8.13. The van der Waals surface area contributed by atoms with Gasteiger partial charge >= 0.3 is 0 Å². The van der Waals surface area contributed by atoms with Crippen LogP contribution in [0.3, 0.4) is 0 Å². The number of methoxy groups -OCH3 is 1. The quantitative estimate of drug-likeness (QED) is 0.337. The van der Waals surface area contributed by atoms with Crippen molar-refractivity contribution < 1.29 is 19.0 Å². The van der Waals surface area contributed by atoms with Gasteiger partial charge in [-0.1, -0.05) is 29.8 Å². The number of aromatic nitrogens is 1. The molecule has 3 aromatic carbocycles. The summed E-state index contributed by atoms with van der Waals surface area (Å²) in [6.45, 7) is 5.42. The maximum absolute atomic E-state index is 13.0. The molecule has 0 saturated carbocycles. The van der Waals surface area contributed by atoms with Crippen molar-refractivity contribution in [2.45, 2.75) is 27.0 Å². The van der Waals surface area contributed by atoms with Gasteiger partial charge in [0.2, 0.25) is 5.78 Å². The molecule has 0 bridgehead atoms. The number of allylic oxidation sites excluding steroid dienone is 1. The molecule has 0 aliphatic carbocycles. The number of carbonyl (C=O) groups excluding carboxylic acids is 1. The Labute approximate surface area is 192 Å².